The summed E-state index contributed by atoms with van der Waals surface area (Å²) in [5.41, 5.74) is -0.681. The Labute approximate surface area is 243 Å². The minimum Gasteiger partial charge on any atom is -0.347 e. The normalized spacial score (nSPS) is 11.5. The number of amides is 2. The first-order valence-corrected chi connectivity index (χ1v) is 12.7. The zero-order valence-electron chi connectivity index (χ0n) is 22.8. The Morgan fingerprint density at radius 3 is 2.36 bits per heavy atom. The highest BCUT2D eigenvalue weighted by Crippen LogP contribution is 2.30. The molecule has 2 amide bonds. The molecule has 0 fully saturated rings. The van der Waals surface area contributed by atoms with Crippen LogP contribution in [0.3, 0.4) is 0 Å². The molecule has 0 radical (unpaired) electrons. The van der Waals surface area contributed by atoms with Gasteiger partial charge in [0.1, 0.15) is 11.5 Å². The highest BCUT2D eigenvalue weighted by atomic mass is 35.5. The molecule has 0 saturated heterocycles. The molecule has 0 aliphatic heterocycles. The predicted molar refractivity (Wildman–Crippen MR) is 150 cm³/mol. The van der Waals surface area contributed by atoms with Crippen molar-refractivity contribution in [3.8, 4) is 11.9 Å². The third-order valence-corrected chi connectivity index (χ3v) is 5.96. The van der Waals surface area contributed by atoms with E-state index in [1.807, 2.05) is 6.07 Å². The van der Waals surface area contributed by atoms with E-state index in [-0.39, 0.29) is 45.0 Å². The molecule has 1 aromatic carbocycles. The molecule has 0 atom stereocenters. The summed E-state index contributed by atoms with van der Waals surface area (Å²) in [6.45, 7) is 7.01. The van der Waals surface area contributed by atoms with Gasteiger partial charge in [-0.1, -0.05) is 11.6 Å². The van der Waals surface area contributed by atoms with Crippen molar-refractivity contribution in [3.63, 3.8) is 0 Å². The van der Waals surface area contributed by atoms with Gasteiger partial charge in [-0.25, -0.2) is 14.6 Å². The van der Waals surface area contributed by atoms with Crippen molar-refractivity contribution in [2.45, 2.75) is 39.4 Å². The van der Waals surface area contributed by atoms with Crippen molar-refractivity contribution in [2.75, 3.05) is 10.6 Å². The van der Waals surface area contributed by atoms with Crippen LogP contribution in [-0.4, -0.2) is 37.1 Å². The van der Waals surface area contributed by atoms with Crippen LogP contribution in [0.1, 0.15) is 58.3 Å². The number of rotatable bonds is 6. The fourth-order valence-electron chi connectivity index (χ4n) is 3.85. The Morgan fingerprint density at radius 1 is 1.02 bits per heavy atom. The van der Waals surface area contributed by atoms with Gasteiger partial charge in [-0.15, -0.1) is 5.10 Å². The summed E-state index contributed by atoms with van der Waals surface area (Å²) < 4.78 is 40.0. The van der Waals surface area contributed by atoms with Crippen LogP contribution in [-0.2, 0) is 6.18 Å². The number of hydrogen-bond donors (Lipinski definition) is 3. The fourth-order valence-corrected chi connectivity index (χ4v) is 4.05. The van der Waals surface area contributed by atoms with E-state index in [9.17, 15) is 28.0 Å². The van der Waals surface area contributed by atoms with Crippen LogP contribution in [0.5, 0.6) is 0 Å². The number of nitrogens with zero attached hydrogens (tertiary/aromatic N) is 5. The van der Waals surface area contributed by atoms with Crippen molar-refractivity contribution < 1.29 is 22.8 Å². The van der Waals surface area contributed by atoms with Gasteiger partial charge < -0.3 is 16.0 Å². The van der Waals surface area contributed by atoms with Gasteiger partial charge >= 0.3 is 6.18 Å². The van der Waals surface area contributed by atoms with Gasteiger partial charge in [0.25, 0.3) is 11.8 Å². The Morgan fingerprint density at radius 2 is 1.76 bits per heavy atom. The van der Waals surface area contributed by atoms with E-state index < -0.39 is 29.1 Å². The summed E-state index contributed by atoms with van der Waals surface area (Å²) in [6.07, 6.45) is -2.45. The van der Waals surface area contributed by atoms with E-state index in [0.717, 1.165) is 16.8 Å². The molecule has 3 heterocycles. The Kier molecular flexibility index (Phi) is 8.21. The molecule has 4 aromatic rings. The summed E-state index contributed by atoms with van der Waals surface area (Å²) >= 11 is 6.33. The van der Waals surface area contributed by atoms with Gasteiger partial charge in [-0.05, 0) is 69.7 Å². The van der Waals surface area contributed by atoms with Crippen molar-refractivity contribution in [1.82, 2.24) is 25.1 Å². The second-order valence-corrected chi connectivity index (χ2v) is 10.6. The van der Waals surface area contributed by atoms with Crippen molar-refractivity contribution in [2.24, 2.45) is 0 Å². The number of pyridine rings is 2. The van der Waals surface area contributed by atoms with Crippen LogP contribution in [0.4, 0.5) is 30.5 Å². The first-order valence-electron chi connectivity index (χ1n) is 12.4. The average Bonchev–Trinajstić information content (AvgIpc) is 3.32. The zero-order chi connectivity index (χ0) is 30.8. The first-order chi connectivity index (χ1) is 19.7. The molecule has 0 spiro atoms. The number of hydrogen-bond acceptors (Lipinski definition) is 7. The molecule has 0 unspecified atom stereocenters. The topological polar surface area (TPSA) is 138 Å². The molecule has 42 heavy (non-hydrogen) atoms. The van der Waals surface area contributed by atoms with Gasteiger partial charge in [-0.2, -0.15) is 18.4 Å². The van der Waals surface area contributed by atoms with Gasteiger partial charge in [0.05, 0.1) is 33.5 Å². The predicted octanol–water partition coefficient (Wildman–Crippen LogP) is 6.04. The molecular formula is C28H24ClF3N8O2. The highest BCUT2D eigenvalue weighted by Gasteiger charge is 2.31. The molecule has 0 saturated carbocycles. The summed E-state index contributed by atoms with van der Waals surface area (Å²) in [5.74, 6) is -1.03. The smallest absolute Gasteiger partial charge is 0.347 e. The number of anilines is 3. The number of benzene rings is 1. The Balaban J connectivity index is 1.75. The summed E-state index contributed by atoms with van der Waals surface area (Å²) in [5, 5.41) is 22.3. The fraction of sp³-hybridized carbons (Fsp3) is 0.214. The van der Waals surface area contributed by atoms with Crippen LogP contribution in [0.2, 0.25) is 5.02 Å². The minimum absolute atomic E-state index is 0.0378. The van der Waals surface area contributed by atoms with Crippen LogP contribution in [0.25, 0.3) is 5.82 Å². The van der Waals surface area contributed by atoms with E-state index in [2.05, 4.69) is 31.0 Å². The van der Waals surface area contributed by atoms with Gasteiger partial charge in [0, 0.05) is 24.0 Å². The van der Waals surface area contributed by atoms with Crippen molar-refractivity contribution in [1.29, 1.82) is 5.26 Å². The number of halogens is 4. The monoisotopic (exact) mass is 596 g/mol. The Bertz CT molecular complexity index is 1700. The standard InChI is InChI=1S/C28H24ClF3N8O2/c1-15-10-16(13-33)11-18(25(41)38-27(2,3)4)23(15)37-26(42)20-12-22(39-40(20)24-19(29)6-5-9-34-24)36-21-8-7-17(14-35-21)28(30,31)32/h5-12,14H,1-4H3,(H,37,42)(H,38,41)(H,35,36,39). The maximum Gasteiger partial charge on any atom is 0.417 e. The molecular weight excluding hydrogens is 573 g/mol. The summed E-state index contributed by atoms with van der Waals surface area (Å²) in [6, 6.07) is 11.3. The van der Waals surface area contributed by atoms with Gasteiger partial charge in [0.15, 0.2) is 11.6 Å². The number of carbonyl (C=O) groups excluding carboxylic acids is 2. The molecule has 216 valence electrons. The van der Waals surface area contributed by atoms with Crippen LogP contribution in [0.15, 0.2) is 54.9 Å². The number of alkyl halides is 3. The number of carbonyl (C=O) groups is 2. The summed E-state index contributed by atoms with van der Waals surface area (Å²) in [7, 11) is 0. The van der Waals surface area contributed by atoms with Crippen LogP contribution >= 0.6 is 11.6 Å². The largest absolute Gasteiger partial charge is 0.417 e. The lowest BCUT2D eigenvalue weighted by Crippen LogP contribution is -2.41. The number of nitriles is 1. The average molecular weight is 597 g/mol. The maximum atomic E-state index is 13.7. The lowest BCUT2D eigenvalue weighted by molar-refractivity contribution is -0.137. The molecule has 4 rings (SSSR count). The lowest BCUT2D eigenvalue weighted by Gasteiger charge is -2.22. The quantitative estimate of drug-likeness (QED) is 0.247. The number of aryl methyl sites for hydroxylation is 1. The van der Waals surface area contributed by atoms with Gasteiger partial charge in [-0.3, -0.25) is 9.59 Å². The molecule has 3 aromatic heterocycles. The molecule has 10 nitrogen and oxygen atoms in total. The first kappa shape index (κ1) is 30.0. The zero-order valence-corrected chi connectivity index (χ0v) is 23.5. The van der Waals surface area contributed by atoms with Gasteiger partial charge in [0.2, 0.25) is 0 Å². The summed E-state index contributed by atoms with van der Waals surface area (Å²) in [4.78, 5) is 34.8. The van der Waals surface area contributed by atoms with Crippen LogP contribution in [0, 0.1) is 18.3 Å². The van der Waals surface area contributed by atoms with Crippen molar-refractivity contribution >= 4 is 40.7 Å². The second-order valence-electron chi connectivity index (χ2n) is 10.2. The van der Waals surface area contributed by atoms with Crippen molar-refractivity contribution in [3.05, 3.63) is 87.8 Å². The lowest BCUT2D eigenvalue weighted by atomic mass is 10.0. The van der Waals surface area contributed by atoms with E-state index in [4.69, 9.17) is 11.6 Å². The maximum absolute atomic E-state index is 13.7. The number of nitrogens with one attached hydrogen (secondary N) is 3. The Hall–Kier alpha value is -4.96. The van der Waals surface area contributed by atoms with Crippen LogP contribution < -0.4 is 16.0 Å². The minimum atomic E-state index is -4.56. The third kappa shape index (κ3) is 6.84. The highest BCUT2D eigenvalue weighted by molar-refractivity contribution is 6.32. The number of aromatic nitrogens is 4. The van der Waals surface area contributed by atoms with E-state index in [0.29, 0.717) is 11.8 Å². The third-order valence-electron chi connectivity index (χ3n) is 5.66. The second kappa shape index (κ2) is 11.5. The molecule has 0 aliphatic carbocycles. The molecule has 3 N–H and O–H groups in total. The van der Waals surface area contributed by atoms with E-state index in [1.165, 1.54) is 30.5 Å². The molecule has 0 bridgehead atoms. The molecule has 0 aliphatic rings. The molecule has 14 heteroatoms. The van der Waals surface area contributed by atoms with E-state index >= 15 is 0 Å². The SMILES string of the molecule is Cc1cc(C#N)cc(C(=O)NC(C)(C)C)c1NC(=O)c1cc(Nc2ccc(C(F)(F)F)cn2)nn1-c1ncccc1Cl. The van der Waals surface area contributed by atoms with E-state index in [1.54, 1.807) is 33.8 Å².